The minimum absolute atomic E-state index is 0.0107. The maximum atomic E-state index is 12.6. The van der Waals surface area contributed by atoms with Crippen LogP contribution >= 0.6 is 50.9 Å². The van der Waals surface area contributed by atoms with Gasteiger partial charge in [0.2, 0.25) is 0 Å². The molecule has 0 atom stereocenters. The van der Waals surface area contributed by atoms with E-state index in [0.717, 1.165) is 5.56 Å². The zero-order chi connectivity index (χ0) is 26.5. The van der Waals surface area contributed by atoms with E-state index in [1.54, 1.807) is 48.5 Å². The number of nitro groups is 1. The molecule has 8 nitrogen and oxygen atoms in total. The van der Waals surface area contributed by atoms with Crippen LogP contribution in [0.4, 0.5) is 11.4 Å². The number of hydrogen-bond donors (Lipinski definition) is 1. The molecule has 12 heteroatoms. The van der Waals surface area contributed by atoms with E-state index in [0.29, 0.717) is 53.9 Å². The summed E-state index contributed by atoms with van der Waals surface area (Å²) in [5.41, 5.74) is 1.93. The van der Waals surface area contributed by atoms with Crippen LogP contribution in [0.2, 0.25) is 10.0 Å². The molecule has 0 bridgehead atoms. The Morgan fingerprint density at radius 3 is 2.57 bits per heavy atom. The van der Waals surface area contributed by atoms with Crippen LogP contribution in [0.1, 0.15) is 18.1 Å². The molecule has 1 heterocycles. The van der Waals surface area contributed by atoms with Crippen LogP contribution in [-0.2, 0) is 11.4 Å². The molecule has 0 spiro atoms. The molecule has 1 amide bonds. The van der Waals surface area contributed by atoms with Crippen molar-refractivity contribution < 1.29 is 19.2 Å². The Balaban J connectivity index is 1.55. The van der Waals surface area contributed by atoms with E-state index in [1.165, 1.54) is 23.9 Å². The number of aliphatic imine (C=N–C) groups is 1. The average molecular weight is 623 g/mol. The number of carbonyl (C=O) groups is 1. The molecule has 1 aliphatic heterocycles. The number of nitrogens with zero attached hydrogens (tertiary/aromatic N) is 2. The Labute approximate surface area is 234 Å². The highest BCUT2D eigenvalue weighted by Gasteiger charge is 2.25. The van der Waals surface area contributed by atoms with Gasteiger partial charge in [-0.3, -0.25) is 14.9 Å². The summed E-state index contributed by atoms with van der Waals surface area (Å²) in [4.78, 5) is 27.8. The monoisotopic (exact) mass is 621 g/mol. The quantitative estimate of drug-likeness (QED) is 0.158. The molecule has 1 aliphatic rings. The number of amides is 1. The molecule has 3 aromatic rings. The van der Waals surface area contributed by atoms with E-state index in [2.05, 4.69) is 26.2 Å². The van der Waals surface area contributed by atoms with Gasteiger partial charge < -0.3 is 14.8 Å². The van der Waals surface area contributed by atoms with Crippen LogP contribution in [0.15, 0.2) is 69.0 Å². The molecule has 4 rings (SSSR count). The van der Waals surface area contributed by atoms with Gasteiger partial charge in [0.05, 0.1) is 32.2 Å². The topological polar surface area (TPSA) is 103 Å². The van der Waals surface area contributed by atoms with Crippen LogP contribution in [0.25, 0.3) is 6.08 Å². The van der Waals surface area contributed by atoms with Gasteiger partial charge in [0.1, 0.15) is 6.61 Å². The summed E-state index contributed by atoms with van der Waals surface area (Å²) < 4.78 is 12.4. The Bertz CT molecular complexity index is 1430. The minimum atomic E-state index is -0.452. The lowest BCUT2D eigenvalue weighted by molar-refractivity contribution is -0.384. The molecule has 0 saturated carbocycles. The SMILES string of the molecule is CCOc1cc(/C=C2/SC(=Nc3cccc(Cl)c3Cl)NC2=O)c(Br)cc1OCc1ccc([N+](=O)[O-])cc1. The van der Waals surface area contributed by atoms with Gasteiger partial charge in [0.25, 0.3) is 11.6 Å². The number of nitro benzene ring substituents is 1. The number of nitrogens with one attached hydrogen (secondary N) is 1. The Morgan fingerprint density at radius 1 is 1.14 bits per heavy atom. The van der Waals surface area contributed by atoms with Crippen molar-refractivity contribution in [1.29, 1.82) is 0 Å². The highest BCUT2D eigenvalue weighted by molar-refractivity contribution is 9.10. The lowest BCUT2D eigenvalue weighted by atomic mass is 10.1. The Morgan fingerprint density at radius 2 is 1.86 bits per heavy atom. The predicted molar refractivity (Wildman–Crippen MR) is 150 cm³/mol. The number of benzene rings is 3. The van der Waals surface area contributed by atoms with Crippen molar-refractivity contribution in [3.8, 4) is 11.5 Å². The third-order valence-corrected chi connectivity index (χ3v) is 7.40. The molecule has 1 saturated heterocycles. The fourth-order valence-electron chi connectivity index (χ4n) is 3.23. The second-order valence-electron chi connectivity index (χ2n) is 7.52. The smallest absolute Gasteiger partial charge is 0.269 e. The molecule has 0 aliphatic carbocycles. The van der Waals surface area contributed by atoms with Gasteiger partial charge in [0.15, 0.2) is 16.7 Å². The fraction of sp³-hybridized carbons (Fsp3) is 0.120. The third kappa shape index (κ3) is 6.64. The number of amidine groups is 1. The van der Waals surface area contributed by atoms with Crippen molar-refractivity contribution in [1.82, 2.24) is 5.32 Å². The van der Waals surface area contributed by atoms with Gasteiger partial charge >= 0.3 is 0 Å². The van der Waals surface area contributed by atoms with Crippen molar-refractivity contribution in [3.63, 3.8) is 0 Å². The standard InChI is InChI=1S/C25H18BrCl2N3O5S/c1-2-35-20-10-15(17(26)12-21(20)36-13-14-6-8-16(9-7-14)31(33)34)11-22-24(32)30-25(37-22)29-19-5-3-4-18(27)23(19)28/h3-12H,2,13H2,1H3,(H,29,30,32)/b22-11+. The highest BCUT2D eigenvalue weighted by atomic mass is 79.9. The van der Waals surface area contributed by atoms with E-state index in [1.807, 2.05) is 6.92 Å². The second-order valence-corrected chi connectivity index (χ2v) is 10.2. The van der Waals surface area contributed by atoms with E-state index in [-0.39, 0.29) is 18.2 Å². The van der Waals surface area contributed by atoms with Crippen molar-refractivity contribution in [3.05, 3.63) is 95.3 Å². The first-order valence-corrected chi connectivity index (χ1v) is 13.2. The summed E-state index contributed by atoms with van der Waals surface area (Å²) in [7, 11) is 0. The van der Waals surface area contributed by atoms with Crippen LogP contribution in [-0.4, -0.2) is 22.6 Å². The van der Waals surface area contributed by atoms with Gasteiger partial charge in [-0.15, -0.1) is 0 Å². The Hall–Kier alpha value is -3.05. The molecule has 0 radical (unpaired) electrons. The maximum absolute atomic E-state index is 12.6. The first-order valence-electron chi connectivity index (χ1n) is 10.8. The van der Waals surface area contributed by atoms with Gasteiger partial charge in [0, 0.05) is 16.6 Å². The fourth-order valence-corrected chi connectivity index (χ4v) is 4.83. The number of hydrogen-bond acceptors (Lipinski definition) is 7. The lowest BCUT2D eigenvalue weighted by Gasteiger charge is -2.14. The van der Waals surface area contributed by atoms with Gasteiger partial charge in [-0.05, 0) is 72.3 Å². The number of rotatable bonds is 8. The zero-order valence-corrected chi connectivity index (χ0v) is 23.1. The highest BCUT2D eigenvalue weighted by Crippen LogP contribution is 2.38. The van der Waals surface area contributed by atoms with Gasteiger partial charge in [-0.25, -0.2) is 4.99 Å². The summed E-state index contributed by atoms with van der Waals surface area (Å²) in [6, 6.07) is 14.7. The number of halogens is 3. The van der Waals surface area contributed by atoms with Crippen molar-refractivity contribution in [2.24, 2.45) is 4.99 Å². The number of carbonyl (C=O) groups excluding carboxylic acids is 1. The van der Waals surface area contributed by atoms with Crippen LogP contribution in [0, 0.1) is 10.1 Å². The zero-order valence-electron chi connectivity index (χ0n) is 19.2. The number of non-ortho nitro benzene ring substituents is 1. The molecule has 190 valence electrons. The van der Waals surface area contributed by atoms with Gasteiger partial charge in [-0.1, -0.05) is 45.2 Å². The van der Waals surface area contributed by atoms with E-state index < -0.39 is 4.92 Å². The first-order chi connectivity index (χ1) is 17.7. The molecule has 37 heavy (non-hydrogen) atoms. The van der Waals surface area contributed by atoms with Crippen LogP contribution < -0.4 is 14.8 Å². The second kappa shape index (κ2) is 12.0. The van der Waals surface area contributed by atoms with Crippen molar-refractivity contribution >= 4 is 79.4 Å². The molecule has 3 aromatic carbocycles. The normalized spacial score (nSPS) is 15.2. The molecular weight excluding hydrogens is 605 g/mol. The first kappa shape index (κ1) is 27.0. The van der Waals surface area contributed by atoms with E-state index >= 15 is 0 Å². The molecule has 0 unspecified atom stereocenters. The summed E-state index contributed by atoms with van der Waals surface area (Å²) in [6.07, 6.45) is 1.72. The van der Waals surface area contributed by atoms with Crippen LogP contribution in [0.3, 0.4) is 0 Å². The minimum Gasteiger partial charge on any atom is -0.490 e. The molecular formula is C25H18BrCl2N3O5S. The van der Waals surface area contributed by atoms with E-state index in [4.69, 9.17) is 32.7 Å². The van der Waals surface area contributed by atoms with Crippen LogP contribution in [0.5, 0.6) is 11.5 Å². The predicted octanol–water partition coefficient (Wildman–Crippen LogP) is 7.53. The Kier molecular flexibility index (Phi) is 8.75. The number of ether oxygens (including phenoxy) is 2. The van der Waals surface area contributed by atoms with Crippen molar-refractivity contribution in [2.45, 2.75) is 13.5 Å². The van der Waals surface area contributed by atoms with Crippen molar-refractivity contribution in [2.75, 3.05) is 6.61 Å². The largest absolute Gasteiger partial charge is 0.490 e. The number of thioether (sulfide) groups is 1. The average Bonchev–Trinajstić information content (AvgIpc) is 3.21. The summed E-state index contributed by atoms with van der Waals surface area (Å²) in [5.74, 6) is 0.670. The van der Waals surface area contributed by atoms with E-state index in [9.17, 15) is 14.9 Å². The molecule has 1 N–H and O–H groups in total. The van der Waals surface area contributed by atoms with Gasteiger partial charge in [-0.2, -0.15) is 0 Å². The maximum Gasteiger partial charge on any atom is 0.269 e. The third-order valence-electron chi connectivity index (χ3n) is 5.00. The summed E-state index contributed by atoms with van der Waals surface area (Å²) in [6.45, 7) is 2.44. The molecule has 0 aromatic heterocycles. The lowest BCUT2D eigenvalue weighted by Crippen LogP contribution is -2.19. The summed E-state index contributed by atoms with van der Waals surface area (Å²) >= 11 is 17.0. The summed E-state index contributed by atoms with van der Waals surface area (Å²) in [5, 5.41) is 14.6. The molecule has 1 fully saturated rings.